The molecule has 2 N–H and O–H groups in total. The second kappa shape index (κ2) is 6.76. The van der Waals surface area contributed by atoms with Gasteiger partial charge in [0, 0.05) is 22.4 Å². The van der Waals surface area contributed by atoms with Crippen LogP contribution in [-0.4, -0.2) is 15.0 Å². The molecule has 0 aliphatic carbocycles. The molecule has 0 radical (unpaired) electrons. The number of rotatable bonds is 3. The molecule has 126 valence electrons. The van der Waals surface area contributed by atoms with Gasteiger partial charge in [0.05, 0.1) is 23.3 Å². The highest BCUT2D eigenvalue weighted by Gasteiger charge is 2.13. The maximum absolute atomic E-state index is 5.94. The average Bonchev–Trinajstić information content (AvgIpc) is 2.69. The number of pyridine rings is 1. The Kier molecular flexibility index (Phi) is 4.15. The molecule has 0 bridgehead atoms. The Balaban J connectivity index is 1.91. The second-order valence-electron chi connectivity index (χ2n) is 6.11. The van der Waals surface area contributed by atoms with E-state index in [4.69, 9.17) is 5.73 Å². The maximum atomic E-state index is 5.94. The van der Waals surface area contributed by atoms with Gasteiger partial charge in [-0.3, -0.25) is 9.97 Å². The SMILES string of the molecule is Cc1cc(-c2nc(N)cnc2-c2ccccc2)cc(-c2ccccc2)n1. The van der Waals surface area contributed by atoms with Crippen LogP contribution < -0.4 is 5.73 Å². The summed E-state index contributed by atoms with van der Waals surface area (Å²) in [6.07, 6.45) is 1.60. The molecule has 2 aromatic heterocycles. The maximum Gasteiger partial charge on any atom is 0.142 e. The second-order valence-corrected chi connectivity index (χ2v) is 6.11. The predicted octanol–water partition coefficient (Wildman–Crippen LogP) is 4.76. The summed E-state index contributed by atoms with van der Waals surface area (Å²) in [6.45, 7) is 1.98. The third kappa shape index (κ3) is 3.17. The Morgan fingerprint density at radius 2 is 1.35 bits per heavy atom. The van der Waals surface area contributed by atoms with E-state index in [1.165, 1.54) is 0 Å². The highest BCUT2D eigenvalue weighted by molar-refractivity contribution is 5.80. The number of nitrogens with two attached hydrogens (primary N) is 1. The molecule has 2 heterocycles. The van der Waals surface area contributed by atoms with Crippen molar-refractivity contribution in [1.29, 1.82) is 0 Å². The molecule has 0 amide bonds. The molecule has 0 aliphatic rings. The lowest BCUT2D eigenvalue weighted by molar-refractivity contribution is 1.18. The number of aromatic nitrogens is 3. The molecule has 4 nitrogen and oxygen atoms in total. The Morgan fingerprint density at radius 3 is 2.04 bits per heavy atom. The summed E-state index contributed by atoms with van der Waals surface area (Å²) in [4.78, 5) is 13.8. The van der Waals surface area contributed by atoms with Crippen LogP contribution in [0.25, 0.3) is 33.8 Å². The van der Waals surface area contributed by atoms with E-state index >= 15 is 0 Å². The van der Waals surface area contributed by atoms with Gasteiger partial charge in [0.25, 0.3) is 0 Å². The Labute approximate surface area is 152 Å². The summed E-state index contributed by atoms with van der Waals surface area (Å²) in [5.41, 5.74) is 12.4. The van der Waals surface area contributed by atoms with Crippen LogP contribution in [0.4, 0.5) is 5.82 Å². The third-order valence-corrected chi connectivity index (χ3v) is 4.13. The van der Waals surface area contributed by atoms with Crippen molar-refractivity contribution in [1.82, 2.24) is 15.0 Å². The van der Waals surface area contributed by atoms with Crippen molar-refractivity contribution in [3.8, 4) is 33.8 Å². The minimum atomic E-state index is 0.399. The van der Waals surface area contributed by atoms with Gasteiger partial charge in [-0.05, 0) is 19.1 Å². The summed E-state index contributed by atoms with van der Waals surface area (Å²) in [5.74, 6) is 0.399. The van der Waals surface area contributed by atoms with E-state index in [-0.39, 0.29) is 0 Å². The van der Waals surface area contributed by atoms with Crippen molar-refractivity contribution in [3.05, 3.63) is 84.7 Å². The van der Waals surface area contributed by atoms with Crippen molar-refractivity contribution >= 4 is 5.82 Å². The van der Waals surface area contributed by atoms with Crippen LogP contribution in [0, 0.1) is 6.92 Å². The van der Waals surface area contributed by atoms with E-state index in [1.807, 2.05) is 67.6 Å². The number of benzene rings is 2. The van der Waals surface area contributed by atoms with Crippen LogP contribution in [0.2, 0.25) is 0 Å². The van der Waals surface area contributed by atoms with Crippen molar-refractivity contribution < 1.29 is 0 Å². The lowest BCUT2D eigenvalue weighted by Gasteiger charge is -2.11. The standard InChI is InChI=1S/C22H18N4/c1-15-12-18(13-19(25-15)16-8-4-2-5-9-16)22-21(24-14-20(23)26-22)17-10-6-3-7-11-17/h2-14H,1H3,(H2,23,26). The first kappa shape index (κ1) is 16.0. The lowest BCUT2D eigenvalue weighted by atomic mass is 10.0. The number of aryl methyl sites for hydroxylation is 1. The summed E-state index contributed by atoms with van der Waals surface area (Å²) < 4.78 is 0. The number of nitrogens with zero attached hydrogens (tertiary/aromatic N) is 3. The zero-order valence-electron chi connectivity index (χ0n) is 14.4. The van der Waals surface area contributed by atoms with Gasteiger partial charge in [0.15, 0.2) is 0 Å². The van der Waals surface area contributed by atoms with Gasteiger partial charge in [0.2, 0.25) is 0 Å². The normalized spacial score (nSPS) is 10.7. The van der Waals surface area contributed by atoms with Crippen molar-refractivity contribution in [2.45, 2.75) is 6.92 Å². The molecule has 0 saturated heterocycles. The van der Waals surface area contributed by atoms with Crippen molar-refractivity contribution in [3.63, 3.8) is 0 Å². The topological polar surface area (TPSA) is 64.7 Å². The fourth-order valence-electron chi connectivity index (χ4n) is 2.97. The fourth-order valence-corrected chi connectivity index (χ4v) is 2.97. The molecule has 0 unspecified atom stereocenters. The molecule has 0 fully saturated rings. The minimum Gasteiger partial charge on any atom is -0.382 e. The van der Waals surface area contributed by atoms with E-state index in [0.717, 1.165) is 39.5 Å². The number of hydrogen-bond donors (Lipinski definition) is 1. The van der Waals surface area contributed by atoms with Crippen LogP contribution in [0.15, 0.2) is 79.0 Å². The van der Waals surface area contributed by atoms with E-state index in [0.29, 0.717) is 5.82 Å². The minimum absolute atomic E-state index is 0.399. The first-order chi connectivity index (χ1) is 12.7. The van der Waals surface area contributed by atoms with E-state index < -0.39 is 0 Å². The van der Waals surface area contributed by atoms with Crippen molar-refractivity contribution in [2.75, 3.05) is 5.73 Å². The molecular weight excluding hydrogens is 320 g/mol. The lowest BCUT2D eigenvalue weighted by Crippen LogP contribution is -1.99. The molecular formula is C22H18N4. The Bertz CT molecular complexity index is 1040. The summed E-state index contributed by atoms with van der Waals surface area (Å²) in [5, 5.41) is 0. The summed E-state index contributed by atoms with van der Waals surface area (Å²) in [7, 11) is 0. The fraction of sp³-hybridized carbons (Fsp3) is 0.0455. The number of hydrogen-bond acceptors (Lipinski definition) is 4. The van der Waals surface area contributed by atoms with Gasteiger partial charge in [-0.25, -0.2) is 4.98 Å². The number of nitrogen functional groups attached to an aromatic ring is 1. The van der Waals surface area contributed by atoms with Crippen molar-refractivity contribution in [2.24, 2.45) is 0 Å². The van der Waals surface area contributed by atoms with Crippen LogP contribution in [-0.2, 0) is 0 Å². The molecule has 0 atom stereocenters. The van der Waals surface area contributed by atoms with Crippen LogP contribution in [0.5, 0.6) is 0 Å². The number of anilines is 1. The van der Waals surface area contributed by atoms with Crippen LogP contribution in [0.1, 0.15) is 5.69 Å². The largest absolute Gasteiger partial charge is 0.382 e. The van der Waals surface area contributed by atoms with Crippen LogP contribution in [0.3, 0.4) is 0 Å². The predicted molar refractivity (Wildman–Crippen MR) is 105 cm³/mol. The molecule has 4 aromatic rings. The Hall–Kier alpha value is -3.53. The molecule has 0 aliphatic heterocycles. The average molecular weight is 338 g/mol. The zero-order valence-corrected chi connectivity index (χ0v) is 14.4. The molecule has 26 heavy (non-hydrogen) atoms. The van der Waals surface area contributed by atoms with Gasteiger partial charge in [-0.2, -0.15) is 0 Å². The highest BCUT2D eigenvalue weighted by Crippen LogP contribution is 2.31. The summed E-state index contributed by atoms with van der Waals surface area (Å²) in [6, 6.07) is 24.2. The van der Waals surface area contributed by atoms with Gasteiger partial charge in [0.1, 0.15) is 5.82 Å². The smallest absolute Gasteiger partial charge is 0.142 e. The Morgan fingerprint density at radius 1 is 0.692 bits per heavy atom. The monoisotopic (exact) mass is 338 g/mol. The highest BCUT2D eigenvalue weighted by atomic mass is 14.9. The van der Waals surface area contributed by atoms with Gasteiger partial charge >= 0.3 is 0 Å². The van der Waals surface area contributed by atoms with Gasteiger partial charge in [-0.1, -0.05) is 60.7 Å². The molecule has 0 spiro atoms. The first-order valence-corrected chi connectivity index (χ1v) is 8.43. The quantitative estimate of drug-likeness (QED) is 0.585. The third-order valence-electron chi connectivity index (χ3n) is 4.13. The molecule has 0 saturated carbocycles. The van der Waals surface area contributed by atoms with Gasteiger partial charge in [-0.15, -0.1) is 0 Å². The molecule has 4 heteroatoms. The summed E-state index contributed by atoms with van der Waals surface area (Å²) >= 11 is 0. The molecule has 2 aromatic carbocycles. The van der Waals surface area contributed by atoms with Gasteiger partial charge < -0.3 is 5.73 Å². The van der Waals surface area contributed by atoms with E-state index in [2.05, 4.69) is 27.1 Å². The van der Waals surface area contributed by atoms with E-state index in [1.54, 1.807) is 6.20 Å². The van der Waals surface area contributed by atoms with E-state index in [9.17, 15) is 0 Å². The first-order valence-electron chi connectivity index (χ1n) is 8.43. The van der Waals surface area contributed by atoms with Crippen LogP contribution >= 0.6 is 0 Å². The zero-order chi connectivity index (χ0) is 17.9. The molecule has 4 rings (SSSR count).